The van der Waals surface area contributed by atoms with Gasteiger partial charge in [0.25, 0.3) is 0 Å². The molecule has 0 aliphatic rings. The molecule has 1 aromatic heterocycles. The molecule has 102 valence electrons. The fourth-order valence-corrected chi connectivity index (χ4v) is 2.71. The van der Waals surface area contributed by atoms with Gasteiger partial charge in [0, 0.05) is 17.8 Å². The zero-order valence-electron chi connectivity index (χ0n) is 11.2. The number of amides is 1. The summed E-state index contributed by atoms with van der Waals surface area (Å²) in [5, 5.41) is 14.7. The van der Waals surface area contributed by atoms with E-state index in [0.717, 1.165) is 19.3 Å². The zero-order valence-corrected chi connectivity index (χ0v) is 12.0. The molecule has 0 radical (unpaired) electrons. The van der Waals surface area contributed by atoms with Crippen molar-refractivity contribution in [2.24, 2.45) is 5.92 Å². The molecule has 1 rings (SSSR count). The first kappa shape index (κ1) is 15.2. The molecule has 1 unspecified atom stereocenters. The van der Waals surface area contributed by atoms with Crippen molar-refractivity contribution in [2.45, 2.75) is 45.6 Å². The van der Waals surface area contributed by atoms with Crippen LogP contribution in [-0.4, -0.2) is 23.7 Å². The van der Waals surface area contributed by atoms with Crippen LogP contribution in [-0.2, 0) is 11.2 Å². The van der Waals surface area contributed by atoms with Crippen LogP contribution in [0.2, 0.25) is 0 Å². The second-order valence-electron chi connectivity index (χ2n) is 4.53. The molecule has 0 saturated carbocycles. The molecule has 0 aliphatic heterocycles. The first-order chi connectivity index (χ1) is 8.67. The van der Waals surface area contributed by atoms with Gasteiger partial charge in [-0.15, -0.1) is 11.3 Å². The van der Waals surface area contributed by atoms with Crippen LogP contribution < -0.4 is 5.32 Å². The van der Waals surface area contributed by atoms with E-state index in [0.29, 0.717) is 13.0 Å². The first-order valence-corrected chi connectivity index (χ1v) is 7.52. The second-order valence-corrected chi connectivity index (χ2v) is 5.56. The van der Waals surface area contributed by atoms with Crippen LogP contribution in [0.1, 0.15) is 38.0 Å². The Kier molecular flexibility index (Phi) is 6.98. The summed E-state index contributed by atoms with van der Waals surface area (Å²) in [4.78, 5) is 12.9. The third-order valence-electron chi connectivity index (χ3n) is 3.28. The largest absolute Gasteiger partial charge is 0.391 e. The Bertz CT molecular complexity index is 334. The van der Waals surface area contributed by atoms with Crippen molar-refractivity contribution in [3.05, 3.63) is 22.4 Å². The van der Waals surface area contributed by atoms with Crippen LogP contribution >= 0.6 is 11.3 Å². The molecule has 0 aliphatic carbocycles. The maximum absolute atomic E-state index is 11.6. The molecular weight excluding hydrogens is 246 g/mol. The van der Waals surface area contributed by atoms with Crippen LogP contribution in [0, 0.1) is 5.92 Å². The molecule has 0 saturated heterocycles. The van der Waals surface area contributed by atoms with Crippen LogP contribution in [0.25, 0.3) is 0 Å². The van der Waals surface area contributed by atoms with Gasteiger partial charge in [-0.1, -0.05) is 32.8 Å². The number of thiophene rings is 1. The minimum Gasteiger partial charge on any atom is -0.391 e. The molecule has 1 amide bonds. The standard InChI is InChI=1S/C14H23NO2S/c1-3-11(4-2)13(16)10-15-14(17)8-7-12-6-5-9-18-12/h5-6,9,11,13,16H,3-4,7-8,10H2,1-2H3,(H,15,17). The molecule has 4 heteroatoms. The third kappa shape index (κ3) is 5.19. The van der Waals surface area contributed by atoms with Gasteiger partial charge < -0.3 is 10.4 Å². The molecule has 3 nitrogen and oxygen atoms in total. The van der Waals surface area contributed by atoms with E-state index in [2.05, 4.69) is 19.2 Å². The number of aliphatic hydroxyl groups is 1. The molecule has 0 fully saturated rings. The zero-order chi connectivity index (χ0) is 13.4. The van der Waals surface area contributed by atoms with Gasteiger partial charge in [-0.3, -0.25) is 4.79 Å². The minimum atomic E-state index is -0.425. The van der Waals surface area contributed by atoms with Crippen LogP contribution in [0.3, 0.4) is 0 Å². The fraction of sp³-hybridized carbons (Fsp3) is 0.643. The van der Waals surface area contributed by atoms with E-state index in [1.807, 2.05) is 17.5 Å². The molecule has 1 heterocycles. The highest BCUT2D eigenvalue weighted by atomic mass is 32.1. The van der Waals surface area contributed by atoms with Gasteiger partial charge >= 0.3 is 0 Å². The Morgan fingerprint density at radius 3 is 2.72 bits per heavy atom. The Morgan fingerprint density at radius 1 is 1.44 bits per heavy atom. The summed E-state index contributed by atoms with van der Waals surface area (Å²) in [5.41, 5.74) is 0. The Balaban J connectivity index is 2.20. The number of nitrogens with one attached hydrogen (secondary N) is 1. The molecule has 0 aromatic carbocycles. The van der Waals surface area contributed by atoms with Crippen molar-refractivity contribution in [1.29, 1.82) is 0 Å². The summed E-state index contributed by atoms with van der Waals surface area (Å²) in [7, 11) is 0. The predicted molar refractivity (Wildman–Crippen MR) is 75.7 cm³/mol. The third-order valence-corrected chi connectivity index (χ3v) is 4.22. The van der Waals surface area contributed by atoms with Gasteiger partial charge in [0.1, 0.15) is 0 Å². The van der Waals surface area contributed by atoms with Gasteiger partial charge in [-0.2, -0.15) is 0 Å². The summed E-state index contributed by atoms with van der Waals surface area (Å²) in [6, 6.07) is 4.03. The van der Waals surface area contributed by atoms with Crippen molar-refractivity contribution in [2.75, 3.05) is 6.54 Å². The summed E-state index contributed by atoms with van der Waals surface area (Å²) in [6.07, 6.45) is 2.75. The normalized spacial score (nSPS) is 12.7. The van der Waals surface area contributed by atoms with Gasteiger partial charge in [0.15, 0.2) is 0 Å². The Labute approximate surface area is 113 Å². The van der Waals surface area contributed by atoms with Crippen molar-refractivity contribution >= 4 is 17.2 Å². The van der Waals surface area contributed by atoms with E-state index in [1.165, 1.54) is 4.88 Å². The fourth-order valence-electron chi connectivity index (χ4n) is 2.00. The first-order valence-electron chi connectivity index (χ1n) is 6.64. The Hall–Kier alpha value is -0.870. The van der Waals surface area contributed by atoms with Crippen molar-refractivity contribution in [3.8, 4) is 0 Å². The molecule has 18 heavy (non-hydrogen) atoms. The smallest absolute Gasteiger partial charge is 0.220 e. The number of aryl methyl sites for hydroxylation is 1. The van der Waals surface area contributed by atoms with E-state index in [1.54, 1.807) is 11.3 Å². The van der Waals surface area contributed by atoms with Gasteiger partial charge in [0.2, 0.25) is 5.91 Å². The average Bonchev–Trinajstić information content (AvgIpc) is 2.88. The van der Waals surface area contributed by atoms with Gasteiger partial charge in [0.05, 0.1) is 6.10 Å². The molecule has 2 N–H and O–H groups in total. The topological polar surface area (TPSA) is 49.3 Å². The molecule has 0 spiro atoms. The van der Waals surface area contributed by atoms with E-state index in [-0.39, 0.29) is 11.8 Å². The van der Waals surface area contributed by atoms with Crippen molar-refractivity contribution in [3.63, 3.8) is 0 Å². The number of carbonyl (C=O) groups is 1. The number of hydrogen-bond donors (Lipinski definition) is 2. The van der Waals surface area contributed by atoms with E-state index >= 15 is 0 Å². The number of aliphatic hydroxyl groups excluding tert-OH is 1. The maximum Gasteiger partial charge on any atom is 0.220 e. The van der Waals surface area contributed by atoms with E-state index in [9.17, 15) is 9.90 Å². The van der Waals surface area contributed by atoms with Gasteiger partial charge in [-0.25, -0.2) is 0 Å². The molecular formula is C14H23NO2S. The number of hydrogen-bond acceptors (Lipinski definition) is 3. The lowest BCUT2D eigenvalue weighted by atomic mass is 9.96. The monoisotopic (exact) mass is 269 g/mol. The van der Waals surface area contributed by atoms with Crippen LogP contribution in [0.4, 0.5) is 0 Å². The highest BCUT2D eigenvalue weighted by molar-refractivity contribution is 7.09. The molecule has 0 bridgehead atoms. The average molecular weight is 269 g/mol. The summed E-state index contributed by atoms with van der Waals surface area (Å²) >= 11 is 1.67. The van der Waals surface area contributed by atoms with Gasteiger partial charge in [-0.05, 0) is 23.8 Å². The highest BCUT2D eigenvalue weighted by Gasteiger charge is 2.15. The maximum atomic E-state index is 11.6. The van der Waals surface area contributed by atoms with Crippen molar-refractivity contribution < 1.29 is 9.90 Å². The number of carbonyl (C=O) groups excluding carboxylic acids is 1. The lowest BCUT2D eigenvalue weighted by molar-refractivity contribution is -0.121. The lowest BCUT2D eigenvalue weighted by Crippen LogP contribution is -2.36. The summed E-state index contributed by atoms with van der Waals surface area (Å²) in [5.74, 6) is 0.302. The lowest BCUT2D eigenvalue weighted by Gasteiger charge is -2.20. The predicted octanol–water partition coefficient (Wildman–Crippen LogP) is 2.59. The van der Waals surface area contributed by atoms with Crippen molar-refractivity contribution in [1.82, 2.24) is 5.32 Å². The Morgan fingerprint density at radius 2 is 2.17 bits per heavy atom. The highest BCUT2D eigenvalue weighted by Crippen LogP contribution is 2.13. The van der Waals surface area contributed by atoms with E-state index < -0.39 is 6.10 Å². The SMILES string of the molecule is CCC(CC)C(O)CNC(=O)CCc1cccs1. The van der Waals surface area contributed by atoms with Crippen LogP contribution in [0.15, 0.2) is 17.5 Å². The minimum absolute atomic E-state index is 0.0217. The molecule has 1 atom stereocenters. The summed E-state index contributed by atoms with van der Waals surface area (Å²) in [6.45, 7) is 4.50. The van der Waals surface area contributed by atoms with Crippen LogP contribution in [0.5, 0.6) is 0 Å². The molecule has 1 aromatic rings. The summed E-state index contributed by atoms with van der Waals surface area (Å²) < 4.78 is 0. The second kappa shape index (κ2) is 8.27. The number of rotatable bonds is 8. The van der Waals surface area contributed by atoms with E-state index in [4.69, 9.17) is 0 Å². The quantitative estimate of drug-likeness (QED) is 0.762.